The number of thioether (sulfide) groups is 1. The lowest BCUT2D eigenvalue weighted by Gasteiger charge is -2.04. The van der Waals surface area contributed by atoms with E-state index in [9.17, 15) is 0 Å². The molecular weight excluding hydrogens is 258 g/mol. The van der Waals surface area contributed by atoms with Gasteiger partial charge >= 0.3 is 0 Å². The van der Waals surface area contributed by atoms with Crippen LogP contribution in [-0.4, -0.2) is 18.8 Å². The van der Waals surface area contributed by atoms with Crippen molar-refractivity contribution >= 4 is 23.1 Å². The molecule has 0 atom stereocenters. The summed E-state index contributed by atoms with van der Waals surface area (Å²) in [6.07, 6.45) is 1.15. The molecule has 0 amide bonds. The van der Waals surface area contributed by atoms with Gasteiger partial charge in [0.25, 0.3) is 0 Å². The molecule has 0 aliphatic rings. The minimum Gasteiger partial charge on any atom is -0.316 e. The highest BCUT2D eigenvalue weighted by Crippen LogP contribution is 2.18. The zero-order valence-electron chi connectivity index (χ0n) is 10.7. The van der Waals surface area contributed by atoms with Gasteiger partial charge in [-0.3, -0.25) is 0 Å². The highest BCUT2D eigenvalue weighted by atomic mass is 32.2. The maximum absolute atomic E-state index is 3.49. The first-order valence-corrected chi connectivity index (χ1v) is 8.14. The molecule has 2 rings (SSSR count). The standard InChI is InChI=1S/C15H19NS2/c1-13-4-2-5-15(12-13)18-11-9-16-8-7-14-6-3-10-17-14/h2-6,10,12,16H,7-9,11H2,1H3. The molecule has 0 aliphatic heterocycles. The normalized spacial score (nSPS) is 10.7. The van der Waals surface area contributed by atoms with Gasteiger partial charge in [0.05, 0.1) is 0 Å². The lowest BCUT2D eigenvalue weighted by atomic mass is 10.2. The lowest BCUT2D eigenvalue weighted by molar-refractivity contribution is 0.725. The zero-order valence-corrected chi connectivity index (χ0v) is 12.3. The van der Waals surface area contributed by atoms with Gasteiger partial charge in [-0.1, -0.05) is 23.8 Å². The fourth-order valence-electron chi connectivity index (χ4n) is 1.74. The average Bonchev–Trinajstić information content (AvgIpc) is 2.87. The first-order chi connectivity index (χ1) is 8.84. The summed E-state index contributed by atoms with van der Waals surface area (Å²) < 4.78 is 0. The number of rotatable bonds is 7. The molecule has 0 aliphatic carbocycles. The Kier molecular flexibility index (Phi) is 5.78. The Bertz CT molecular complexity index is 451. The van der Waals surface area contributed by atoms with E-state index in [1.165, 1.54) is 15.3 Å². The van der Waals surface area contributed by atoms with Crippen molar-refractivity contribution in [2.75, 3.05) is 18.8 Å². The Morgan fingerprint density at radius 3 is 2.89 bits per heavy atom. The molecule has 0 fully saturated rings. The number of nitrogens with one attached hydrogen (secondary N) is 1. The maximum Gasteiger partial charge on any atom is 0.0106 e. The lowest BCUT2D eigenvalue weighted by Crippen LogP contribution is -2.19. The van der Waals surface area contributed by atoms with Crippen LogP contribution in [0.5, 0.6) is 0 Å². The number of benzene rings is 1. The molecule has 1 nitrogen and oxygen atoms in total. The van der Waals surface area contributed by atoms with Gasteiger partial charge in [-0.2, -0.15) is 0 Å². The number of hydrogen-bond donors (Lipinski definition) is 1. The Morgan fingerprint density at radius 1 is 1.17 bits per heavy atom. The van der Waals surface area contributed by atoms with Crippen molar-refractivity contribution in [1.82, 2.24) is 5.32 Å². The minimum atomic E-state index is 1.07. The summed E-state index contributed by atoms with van der Waals surface area (Å²) in [4.78, 5) is 2.84. The number of thiophene rings is 1. The second kappa shape index (κ2) is 7.62. The van der Waals surface area contributed by atoms with Gasteiger partial charge in [0, 0.05) is 22.1 Å². The molecule has 1 N–H and O–H groups in total. The molecule has 1 heterocycles. The molecule has 1 aromatic carbocycles. The van der Waals surface area contributed by atoms with Crippen LogP contribution in [0.1, 0.15) is 10.4 Å². The Hall–Kier alpha value is -0.770. The number of aryl methyl sites for hydroxylation is 1. The van der Waals surface area contributed by atoms with Crippen molar-refractivity contribution in [3.63, 3.8) is 0 Å². The smallest absolute Gasteiger partial charge is 0.0106 e. The summed E-state index contributed by atoms with van der Waals surface area (Å²) >= 11 is 3.76. The molecule has 18 heavy (non-hydrogen) atoms. The van der Waals surface area contributed by atoms with Gasteiger partial charge in [-0.15, -0.1) is 23.1 Å². The molecule has 0 radical (unpaired) electrons. The molecule has 0 bridgehead atoms. The molecule has 1 aromatic heterocycles. The summed E-state index contributed by atoms with van der Waals surface area (Å²) in [7, 11) is 0. The van der Waals surface area contributed by atoms with Crippen LogP contribution in [0, 0.1) is 6.92 Å². The molecule has 0 spiro atoms. The van der Waals surface area contributed by atoms with Crippen LogP contribution in [-0.2, 0) is 6.42 Å². The predicted molar refractivity (Wildman–Crippen MR) is 82.8 cm³/mol. The second-order valence-electron chi connectivity index (χ2n) is 4.24. The molecule has 3 heteroatoms. The average molecular weight is 277 g/mol. The zero-order chi connectivity index (χ0) is 12.6. The summed E-state index contributed by atoms with van der Waals surface area (Å²) in [6.45, 7) is 4.29. The van der Waals surface area contributed by atoms with Gasteiger partial charge in [0.15, 0.2) is 0 Å². The van der Waals surface area contributed by atoms with Crippen molar-refractivity contribution in [3.05, 3.63) is 52.2 Å². The quantitative estimate of drug-likeness (QED) is 0.607. The second-order valence-corrected chi connectivity index (χ2v) is 6.44. The van der Waals surface area contributed by atoms with E-state index in [4.69, 9.17) is 0 Å². The van der Waals surface area contributed by atoms with Crippen molar-refractivity contribution < 1.29 is 0 Å². The van der Waals surface area contributed by atoms with Crippen molar-refractivity contribution in [3.8, 4) is 0 Å². The van der Waals surface area contributed by atoms with Crippen LogP contribution in [0.25, 0.3) is 0 Å². The van der Waals surface area contributed by atoms with Gasteiger partial charge in [-0.25, -0.2) is 0 Å². The molecule has 96 valence electrons. The fraction of sp³-hybridized carbons (Fsp3) is 0.333. The largest absolute Gasteiger partial charge is 0.316 e. The van der Waals surface area contributed by atoms with Crippen LogP contribution < -0.4 is 5.32 Å². The highest BCUT2D eigenvalue weighted by molar-refractivity contribution is 7.99. The van der Waals surface area contributed by atoms with Gasteiger partial charge in [-0.05, 0) is 43.5 Å². The van der Waals surface area contributed by atoms with E-state index in [1.54, 1.807) is 0 Å². The van der Waals surface area contributed by atoms with Gasteiger partial charge < -0.3 is 5.32 Å². The van der Waals surface area contributed by atoms with Crippen molar-refractivity contribution in [2.24, 2.45) is 0 Å². The van der Waals surface area contributed by atoms with E-state index in [2.05, 4.69) is 54.0 Å². The fourth-order valence-corrected chi connectivity index (χ4v) is 3.37. The summed E-state index contributed by atoms with van der Waals surface area (Å²) in [5, 5.41) is 5.64. The van der Waals surface area contributed by atoms with Crippen LogP contribution in [0.3, 0.4) is 0 Å². The van der Waals surface area contributed by atoms with E-state index in [1.807, 2.05) is 23.1 Å². The first-order valence-electron chi connectivity index (χ1n) is 6.27. The molecule has 2 aromatic rings. The van der Waals surface area contributed by atoms with Crippen LogP contribution >= 0.6 is 23.1 Å². The Morgan fingerprint density at radius 2 is 2.11 bits per heavy atom. The molecule has 0 saturated carbocycles. The summed E-state index contributed by atoms with van der Waals surface area (Å²) in [5.41, 5.74) is 1.34. The third kappa shape index (κ3) is 4.84. The van der Waals surface area contributed by atoms with E-state index >= 15 is 0 Å². The molecule has 0 unspecified atom stereocenters. The molecular formula is C15H19NS2. The van der Waals surface area contributed by atoms with Gasteiger partial charge in [0.2, 0.25) is 0 Å². The van der Waals surface area contributed by atoms with E-state index in [0.29, 0.717) is 0 Å². The van der Waals surface area contributed by atoms with Crippen molar-refractivity contribution in [2.45, 2.75) is 18.2 Å². The minimum absolute atomic E-state index is 1.07. The molecule has 0 saturated heterocycles. The van der Waals surface area contributed by atoms with Crippen LogP contribution in [0.2, 0.25) is 0 Å². The third-order valence-corrected chi connectivity index (χ3v) is 4.60. The van der Waals surface area contributed by atoms with Gasteiger partial charge in [0.1, 0.15) is 0 Å². The third-order valence-electron chi connectivity index (χ3n) is 2.67. The summed E-state index contributed by atoms with van der Waals surface area (Å²) in [6, 6.07) is 13.0. The number of hydrogen-bond acceptors (Lipinski definition) is 3. The highest BCUT2D eigenvalue weighted by Gasteiger charge is 1.95. The topological polar surface area (TPSA) is 12.0 Å². The summed E-state index contributed by atoms with van der Waals surface area (Å²) in [5.74, 6) is 1.13. The van der Waals surface area contributed by atoms with Crippen LogP contribution in [0.4, 0.5) is 0 Å². The Labute approximate surface area is 118 Å². The van der Waals surface area contributed by atoms with E-state index in [0.717, 1.165) is 25.3 Å². The predicted octanol–water partition coefficient (Wildman–Crippen LogP) is 3.98. The van der Waals surface area contributed by atoms with Crippen molar-refractivity contribution in [1.29, 1.82) is 0 Å². The first kappa shape index (κ1) is 13.7. The monoisotopic (exact) mass is 277 g/mol. The van der Waals surface area contributed by atoms with E-state index < -0.39 is 0 Å². The maximum atomic E-state index is 3.49. The van der Waals surface area contributed by atoms with Crippen LogP contribution in [0.15, 0.2) is 46.7 Å². The SMILES string of the molecule is Cc1cccc(SCCNCCc2cccs2)c1. The Balaban J connectivity index is 1.56. The van der Waals surface area contributed by atoms with E-state index in [-0.39, 0.29) is 0 Å².